The van der Waals surface area contributed by atoms with Crippen molar-refractivity contribution in [2.24, 2.45) is 0 Å². The molecule has 0 fully saturated rings. The van der Waals surface area contributed by atoms with Gasteiger partial charge in [-0.25, -0.2) is 9.97 Å². The summed E-state index contributed by atoms with van der Waals surface area (Å²) in [5, 5.41) is 15.1. The van der Waals surface area contributed by atoms with E-state index < -0.39 is 0 Å². The van der Waals surface area contributed by atoms with Gasteiger partial charge in [-0.05, 0) is 55.3 Å². The largest absolute Gasteiger partial charge is 0.497 e. The van der Waals surface area contributed by atoms with Crippen molar-refractivity contribution in [2.75, 3.05) is 12.4 Å². The molecule has 1 atom stereocenters. The van der Waals surface area contributed by atoms with Gasteiger partial charge in [-0.15, -0.1) is 10.2 Å². The Balaban J connectivity index is 1.44. The number of nitrogens with one attached hydrogen (secondary N) is 2. The Hall–Kier alpha value is -4.27. The third-order valence-corrected chi connectivity index (χ3v) is 5.60. The Kier molecular flexibility index (Phi) is 7.67. The fourth-order valence-corrected chi connectivity index (χ4v) is 3.76. The number of benzene rings is 2. The minimum Gasteiger partial charge on any atom is -0.497 e. The van der Waals surface area contributed by atoms with Crippen LogP contribution in [0.3, 0.4) is 0 Å². The molecule has 1 amide bonds. The average Bonchev–Trinajstić information content (AvgIpc) is 3.30. The van der Waals surface area contributed by atoms with Gasteiger partial charge in [0.05, 0.1) is 19.7 Å². The molecule has 4 aromatic rings. The molecule has 2 aromatic carbocycles. The van der Waals surface area contributed by atoms with Gasteiger partial charge in [0, 0.05) is 24.0 Å². The zero-order valence-electron chi connectivity index (χ0n) is 20.1. The molecule has 2 aromatic heterocycles. The topological polar surface area (TPSA) is 107 Å². The number of methoxy groups -OCH3 is 1. The number of nitrogens with zero attached hydrogens (tertiary/aromatic N) is 5. The highest BCUT2D eigenvalue weighted by Crippen LogP contribution is 2.20. The zero-order chi connectivity index (χ0) is 24.6. The van der Waals surface area contributed by atoms with Crippen LogP contribution in [0.5, 0.6) is 5.75 Å². The molecular formula is C26H29N7O2. The molecule has 4 rings (SSSR count). The molecule has 0 saturated carbocycles. The molecule has 0 aliphatic rings. The summed E-state index contributed by atoms with van der Waals surface area (Å²) in [6, 6.07) is 16.7. The van der Waals surface area contributed by atoms with Crippen LogP contribution in [0.1, 0.15) is 48.1 Å². The second kappa shape index (κ2) is 11.2. The first-order chi connectivity index (χ1) is 17.1. The van der Waals surface area contributed by atoms with Crippen molar-refractivity contribution in [2.45, 2.75) is 39.4 Å². The third kappa shape index (κ3) is 5.81. The monoisotopic (exact) mass is 471 g/mol. The standard InChI is InChI=1S/C26H29N7O2/c1-4-13-33-24(31-32-25(33)23-11-12-27-17-29-23)16-28-21-9-5-8-20(14-21)26(34)30-18(2)19-7-6-10-22(15-19)35-3/h5-12,14-15,17-18,28H,4,13,16H2,1-3H3,(H,30,34)/t18-/m0/s1. The van der Waals surface area contributed by atoms with Gasteiger partial charge >= 0.3 is 0 Å². The van der Waals surface area contributed by atoms with Crippen LogP contribution in [0.4, 0.5) is 5.69 Å². The number of anilines is 1. The van der Waals surface area contributed by atoms with Crippen molar-refractivity contribution in [1.82, 2.24) is 30.0 Å². The Morgan fingerprint density at radius 2 is 1.97 bits per heavy atom. The summed E-state index contributed by atoms with van der Waals surface area (Å²) in [6.07, 6.45) is 4.13. The van der Waals surface area contributed by atoms with E-state index in [1.54, 1.807) is 19.4 Å². The second-order valence-electron chi connectivity index (χ2n) is 8.09. The Bertz CT molecular complexity index is 1270. The molecule has 9 heteroatoms. The molecule has 0 saturated heterocycles. The molecule has 0 aliphatic carbocycles. The fourth-order valence-electron chi connectivity index (χ4n) is 3.76. The highest BCUT2D eigenvalue weighted by atomic mass is 16.5. The number of hydrogen-bond acceptors (Lipinski definition) is 7. The molecule has 2 heterocycles. The highest BCUT2D eigenvalue weighted by molar-refractivity contribution is 5.95. The van der Waals surface area contributed by atoms with Crippen LogP contribution in [-0.2, 0) is 13.1 Å². The van der Waals surface area contributed by atoms with Crippen LogP contribution < -0.4 is 15.4 Å². The van der Waals surface area contributed by atoms with Gasteiger partial charge in [-0.2, -0.15) is 0 Å². The van der Waals surface area contributed by atoms with E-state index >= 15 is 0 Å². The Labute approximate surface area is 204 Å². The second-order valence-corrected chi connectivity index (χ2v) is 8.09. The molecule has 9 nitrogen and oxygen atoms in total. The van der Waals surface area contributed by atoms with E-state index in [-0.39, 0.29) is 11.9 Å². The number of amides is 1. The van der Waals surface area contributed by atoms with E-state index in [9.17, 15) is 4.79 Å². The van der Waals surface area contributed by atoms with Crippen LogP contribution in [-0.4, -0.2) is 37.7 Å². The summed E-state index contributed by atoms with van der Waals surface area (Å²) in [5.41, 5.74) is 3.10. The molecule has 2 N–H and O–H groups in total. The van der Waals surface area contributed by atoms with E-state index in [0.29, 0.717) is 17.9 Å². The van der Waals surface area contributed by atoms with Gasteiger partial charge in [0.15, 0.2) is 11.6 Å². The lowest BCUT2D eigenvalue weighted by atomic mass is 10.1. The van der Waals surface area contributed by atoms with Gasteiger partial charge in [0.25, 0.3) is 5.91 Å². The van der Waals surface area contributed by atoms with Crippen LogP contribution in [0, 0.1) is 0 Å². The van der Waals surface area contributed by atoms with Crippen LogP contribution in [0.25, 0.3) is 11.5 Å². The first kappa shape index (κ1) is 23.9. The van der Waals surface area contributed by atoms with Gasteiger partial charge in [-0.1, -0.05) is 25.1 Å². The molecular weight excluding hydrogens is 442 g/mol. The molecule has 0 unspecified atom stereocenters. The van der Waals surface area contributed by atoms with E-state index in [1.165, 1.54) is 6.33 Å². The summed E-state index contributed by atoms with van der Waals surface area (Å²) >= 11 is 0. The third-order valence-electron chi connectivity index (χ3n) is 5.60. The predicted octanol–water partition coefficient (Wildman–Crippen LogP) is 4.26. The molecule has 0 radical (unpaired) electrons. The van der Waals surface area contributed by atoms with Crippen LogP contribution in [0.2, 0.25) is 0 Å². The van der Waals surface area contributed by atoms with Gasteiger partial charge < -0.3 is 19.9 Å². The highest BCUT2D eigenvalue weighted by Gasteiger charge is 2.15. The average molecular weight is 472 g/mol. The number of rotatable bonds is 10. The number of ether oxygens (including phenoxy) is 1. The Morgan fingerprint density at radius 1 is 1.11 bits per heavy atom. The lowest BCUT2D eigenvalue weighted by Gasteiger charge is -2.16. The number of aromatic nitrogens is 5. The molecule has 0 spiro atoms. The van der Waals surface area contributed by atoms with Crippen molar-refractivity contribution in [1.29, 1.82) is 0 Å². The first-order valence-electron chi connectivity index (χ1n) is 11.6. The number of carbonyl (C=O) groups excluding carboxylic acids is 1. The molecule has 0 aliphatic heterocycles. The SMILES string of the molecule is CCCn1c(CNc2cccc(C(=O)N[C@@H](C)c3cccc(OC)c3)c2)nnc1-c1ccncn1. The quantitative estimate of drug-likeness (QED) is 0.356. The summed E-state index contributed by atoms with van der Waals surface area (Å²) in [6.45, 7) is 5.29. The Morgan fingerprint density at radius 3 is 2.74 bits per heavy atom. The summed E-state index contributed by atoms with van der Waals surface area (Å²) in [7, 11) is 1.63. The van der Waals surface area contributed by atoms with Crippen molar-refractivity contribution in [3.8, 4) is 17.3 Å². The zero-order valence-corrected chi connectivity index (χ0v) is 20.1. The van der Waals surface area contributed by atoms with Crippen molar-refractivity contribution >= 4 is 11.6 Å². The van der Waals surface area contributed by atoms with E-state index in [2.05, 4.69) is 42.3 Å². The summed E-state index contributed by atoms with van der Waals surface area (Å²) < 4.78 is 7.34. The van der Waals surface area contributed by atoms with E-state index in [4.69, 9.17) is 4.74 Å². The van der Waals surface area contributed by atoms with Crippen LogP contribution >= 0.6 is 0 Å². The summed E-state index contributed by atoms with van der Waals surface area (Å²) in [5.74, 6) is 2.12. The molecule has 180 valence electrons. The normalized spacial score (nSPS) is 11.6. The van der Waals surface area contributed by atoms with E-state index in [1.807, 2.05) is 55.5 Å². The van der Waals surface area contributed by atoms with Gasteiger partial charge in [0.1, 0.15) is 17.8 Å². The van der Waals surface area contributed by atoms with Crippen molar-refractivity contribution in [3.63, 3.8) is 0 Å². The van der Waals surface area contributed by atoms with Crippen molar-refractivity contribution in [3.05, 3.63) is 84.1 Å². The summed E-state index contributed by atoms with van der Waals surface area (Å²) in [4.78, 5) is 21.2. The lowest BCUT2D eigenvalue weighted by molar-refractivity contribution is 0.0940. The maximum absolute atomic E-state index is 12.9. The minimum atomic E-state index is -0.165. The lowest BCUT2D eigenvalue weighted by Crippen LogP contribution is -2.26. The number of hydrogen-bond donors (Lipinski definition) is 2. The fraction of sp³-hybridized carbons (Fsp3) is 0.269. The number of carbonyl (C=O) groups is 1. The predicted molar refractivity (Wildman–Crippen MR) is 134 cm³/mol. The first-order valence-corrected chi connectivity index (χ1v) is 11.6. The molecule has 35 heavy (non-hydrogen) atoms. The maximum Gasteiger partial charge on any atom is 0.251 e. The minimum absolute atomic E-state index is 0.149. The molecule has 0 bridgehead atoms. The van der Waals surface area contributed by atoms with Gasteiger partial charge in [0.2, 0.25) is 0 Å². The van der Waals surface area contributed by atoms with Crippen LogP contribution in [0.15, 0.2) is 67.1 Å². The maximum atomic E-state index is 12.9. The van der Waals surface area contributed by atoms with Crippen molar-refractivity contribution < 1.29 is 9.53 Å². The smallest absolute Gasteiger partial charge is 0.251 e. The van der Waals surface area contributed by atoms with E-state index in [0.717, 1.165) is 41.5 Å². The van der Waals surface area contributed by atoms with Gasteiger partial charge in [-0.3, -0.25) is 4.79 Å².